The lowest BCUT2D eigenvalue weighted by molar-refractivity contribution is -0.118. The number of imidazole rings is 1. The van der Waals surface area contributed by atoms with Gasteiger partial charge in [0.05, 0.1) is 28.8 Å². The fraction of sp³-hybridized carbons (Fsp3) is 0.391. The summed E-state index contributed by atoms with van der Waals surface area (Å²) in [6.07, 6.45) is 0. The highest BCUT2D eigenvalue weighted by Crippen LogP contribution is 2.27. The number of nitrogens with one attached hydrogen (secondary N) is 1. The zero-order valence-corrected chi connectivity index (χ0v) is 21.0. The summed E-state index contributed by atoms with van der Waals surface area (Å²) in [6.45, 7) is 7.55. The number of hydrogen-bond donors (Lipinski definition) is 1. The van der Waals surface area contributed by atoms with Crippen molar-refractivity contribution in [1.82, 2.24) is 19.2 Å². The predicted octanol–water partition coefficient (Wildman–Crippen LogP) is 3.50. The maximum Gasteiger partial charge on any atom is 0.243 e. The van der Waals surface area contributed by atoms with E-state index in [9.17, 15) is 13.2 Å². The van der Waals surface area contributed by atoms with Crippen molar-refractivity contribution in [3.63, 3.8) is 0 Å². The summed E-state index contributed by atoms with van der Waals surface area (Å²) in [5.74, 6) is 0.881. The summed E-state index contributed by atoms with van der Waals surface area (Å²) >= 11 is 1.34. The molecular formula is C23H30N4O4S2. The Morgan fingerprint density at radius 1 is 1.12 bits per heavy atom. The van der Waals surface area contributed by atoms with Gasteiger partial charge in [-0.15, -0.1) is 0 Å². The summed E-state index contributed by atoms with van der Waals surface area (Å²) in [6, 6.07) is 12.6. The van der Waals surface area contributed by atoms with Gasteiger partial charge in [-0.25, -0.2) is 13.4 Å². The lowest BCUT2D eigenvalue weighted by Gasteiger charge is -2.18. The number of methoxy groups -OCH3 is 1. The van der Waals surface area contributed by atoms with Crippen LogP contribution in [0.3, 0.4) is 0 Å². The van der Waals surface area contributed by atoms with E-state index in [1.54, 1.807) is 25.3 Å². The Kier molecular flexibility index (Phi) is 8.39. The highest BCUT2D eigenvalue weighted by atomic mass is 32.2. The van der Waals surface area contributed by atoms with Gasteiger partial charge in [0.1, 0.15) is 5.75 Å². The molecule has 0 aliphatic heterocycles. The van der Waals surface area contributed by atoms with E-state index < -0.39 is 10.0 Å². The highest BCUT2D eigenvalue weighted by Gasteiger charge is 2.23. The summed E-state index contributed by atoms with van der Waals surface area (Å²) in [7, 11) is -1.95. The molecule has 1 heterocycles. The molecule has 0 saturated carbocycles. The predicted molar refractivity (Wildman–Crippen MR) is 131 cm³/mol. The molecule has 0 aliphatic carbocycles. The molecule has 33 heavy (non-hydrogen) atoms. The zero-order valence-electron chi connectivity index (χ0n) is 19.4. The summed E-state index contributed by atoms with van der Waals surface area (Å²) in [5, 5.41) is 3.59. The van der Waals surface area contributed by atoms with Crippen molar-refractivity contribution in [2.24, 2.45) is 0 Å². The molecular weight excluding hydrogens is 460 g/mol. The van der Waals surface area contributed by atoms with E-state index in [4.69, 9.17) is 4.74 Å². The molecule has 1 aromatic heterocycles. The summed E-state index contributed by atoms with van der Waals surface area (Å²) in [5.41, 5.74) is 2.43. The second kappa shape index (κ2) is 11.0. The van der Waals surface area contributed by atoms with Gasteiger partial charge in [-0.3, -0.25) is 4.79 Å². The first-order valence-corrected chi connectivity index (χ1v) is 13.3. The molecule has 10 heteroatoms. The molecule has 1 N–H and O–H groups in total. The first-order valence-electron chi connectivity index (χ1n) is 10.9. The lowest BCUT2D eigenvalue weighted by atomic mass is 10.2. The fourth-order valence-electron chi connectivity index (χ4n) is 3.50. The van der Waals surface area contributed by atoms with Crippen LogP contribution < -0.4 is 10.1 Å². The van der Waals surface area contributed by atoms with Crippen LogP contribution in [0.1, 0.15) is 26.3 Å². The van der Waals surface area contributed by atoms with Gasteiger partial charge in [-0.05, 0) is 42.8 Å². The third-order valence-electron chi connectivity index (χ3n) is 5.33. The van der Waals surface area contributed by atoms with Crippen LogP contribution in [0.4, 0.5) is 0 Å². The van der Waals surface area contributed by atoms with Crippen LogP contribution in [0, 0.1) is 0 Å². The molecule has 3 rings (SSSR count). The number of carbonyl (C=O) groups excluding carboxylic acids is 1. The monoisotopic (exact) mass is 490 g/mol. The van der Waals surface area contributed by atoms with E-state index in [1.165, 1.54) is 16.1 Å². The number of nitrogens with zero attached hydrogens (tertiary/aromatic N) is 3. The quantitative estimate of drug-likeness (QED) is 0.414. The van der Waals surface area contributed by atoms with Gasteiger partial charge in [-0.2, -0.15) is 4.31 Å². The zero-order chi connectivity index (χ0) is 24.0. The van der Waals surface area contributed by atoms with Crippen LogP contribution in [0.25, 0.3) is 11.0 Å². The number of ether oxygens (including phenoxy) is 1. The first-order chi connectivity index (χ1) is 15.8. The Morgan fingerprint density at radius 2 is 1.82 bits per heavy atom. The molecule has 0 unspecified atom stereocenters. The van der Waals surface area contributed by atoms with E-state index in [-0.39, 0.29) is 16.6 Å². The first kappa shape index (κ1) is 25.1. The smallest absolute Gasteiger partial charge is 0.243 e. The van der Waals surface area contributed by atoms with Crippen LogP contribution in [0.2, 0.25) is 0 Å². The molecule has 0 saturated heterocycles. The van der Waals surface area contributed by atoms with E-state index in [1.807, 2.05) is 49.6 Å². The normalized spacial score (nSPS) is 11.8. The molecule has 2 aromatic carbocycles. The summed E-state index contributed by atoms with van der Waals surface area (Å²) in [4.78, 5) is 17.2. The summed E-state index contributed by atoms with van der Waals surface area (Å²) < 4.78 is 34.3. The minimum Gasteiger partial charge on any atom is -0.497 e. The average molecular weight is 491 g/mol. The number of benzene rings is 2. The maximum absolute atomic E-state index is 12.9. The van der Waals surface area contributed by atoms with Gasteiger partial charge in [0, 0.05) is 26.2 Å². The standard InChI is InChI=1S/C23H30N4O4S2/c1-5-26(6-2)33(29,30)19-12-13-21-20(14-19)25-23(27(21)7-3)32-16-22(28)24-15-17-8-10-18(31-4)11-9-17/h8-14H,5-7,15-16H2,1-4H3,(H,24,28). The van der Waals surface area contributed by atoms with Crippen molar-refractivity contribution in [1.29, 1.82) is 0 Å². The van der Waals surface area contributed by atoms with Gasteiger partial charge in [-0.1, -0.05) is 37.7 Å². The van der Waals surface area contributed by atoms with Crippen molar-refractivity contribution in [3.05, 3.63) is 48.0 Å². The molecule has 0 spiro atoms. The Labute approximate surface area is 199 Å². The lowest BCUT2D eigenvalue weighted by Crippen LogP contribution is -2.30. The molecule has 0 aliphatic rings. The number of fused-ring (bicyclic) bond motifs is 1. The number of carbonyl (C=O) groups is 1. The fourth-order valence-corrected chi connectivity index (χ4v) is 5.89. The van der Waals surface area contributed by atoms with E-state index in [0.717, 1.165) is 16.8 Å². The number of hydrogen-bond acceptors (Lipinski definition) is 6. The molecule has 8 nitrogen and oxygen atoms in total. The van der Waals surface area contributed by atoms with Gasteiger partial charge < -0.3 is 14.6 Å². The van der Waals surface area contributed by atoms with Crippen molar-refractivity contribution in [3.8, 4) is 5.75 Å². The topological polar surface area (TPSA) is 93.5 Å². The van der Waals surface area contributed by atoms with Crippen molar-refractivity contribution in [2.45, 2.75) is 43.9 Å². The van der Waals surface area contributed by atoms with Gasteiger partial charge >= 0.3 is 0 Å². The largest absolute Gasteiger partial charge is 0.497 e. The van der Waals surface area contributed by atoms with Crippen LogP contribution in [-0.2, 0) is 27.9 Å². The molecule has 178 valence electrons. The second-order valence-corrected chi connectivity index (χ2v) is 10.2. The molecule has 0 bridgehead atoms. The third kappa shape index (κ3) is 5.69. The van der Waals surface area contributed by atoms with E-state index in [0.29, 0.717) is 36.9 Å². The maximum atomic E-state index is 12.9. The van der Waals surface area contributed by atoms with Crippen molar-refractivity contribution in [2.75, 3.05) is 26.0 Å². The van der Waals surface area contributed by atoms with E-state index in [2.05, 4.69) is 10.3 Å². The Bertz CT molecular complexity index is 1200. The number of aryl methyl sites for hydroxylation is 1. The second-order valence-electron chi connectivity index (χ2n) is 7.29. The van der Waals surface area contributed by atoms with Gasteiger partial charge in [0.25, 0.3) is 0 Å². The number of amides is 1. The van der Waals surface area contributed by atoms with Gasteiger partial charge in [0.2, 0.25) is 15.9 Å². The Hall–Kier alpha value is -2.56. The number of thioether (sulfide) groups is 1. The molecule has 0 fully saturated rings. The third-order valence-corrected chi connectivity index (χ3v) is 8.35. The average Bonchev–Trinajstić information content (AvgIpc) is 3.19. The van der Waals surface area contributed by atoms with E-state index >= 15 is 0 Å². The Balaban J connectivity index is 1.71. The van der Waals surface area contributed by atoms with Crippen molar-refractivity contribution < 1.29 is 17.9 Å². The van der Waals surface area contributed by atoms with Crippen LogP contribution in [0.15, 0.2) is 52.5 Å². The SMILES string of the molecule is CCN(CC)S(=O)(=O)c1ccc2c(c1)nc(SCC(=O)NCc1ccc(OC)cc1)n2CC. The Morgan fingerprint density at radius 3 is 2.42 bits per heavy atom. The van der Waals surface area contributed by atoms with Crippen LogP contribution in [0.5, 0.6) is 5.75 Å². The molecule has 3 aromatic rings. The number of rotatable bonds is 11. The minimum absolute atomic E-state index is 0.102. The molecule has 0 radical (unpaired) electrons. The molecule has 1 amide bonds. The number of sulfonamides is 1. The molecule has 0 atom stereocenters. The van der Waals surface area contributed by atoms with Crippen molar-refractivity contribution >= 4 is 38.7 Å². The number of aromatic nitrogens is 2. The highest BCUT2D eigenvalue weighted by molar-refractivity contribution is 7.99. The minimum atomic E-state index is -3.56. The van der Waals surface area contributed by atoms with Crippen LogP contribution >= 0.6 is 11.8 Å². The van der Waals surface area contributed by atoms with Crippen LogP contribution in [-0.4, -0.2) is 54.1 Å². The van der Waals surface area contributed by atoms with Gasteiger partial charge in [0.15, 0.2) is 5.16 Å².